The molecular formula is C11H13NS2. The monoisotopic (exact) mass is 223 g/mol. The maximum atomic E-state index is 6.12. The highest BCUT2D eigenvalue weighted by Gasteiger charge is 2.09. The van der Waals surface area contributed by atoms with Gasteiger partial charge in [-0.05, 0) is 41.1 Å². The number of aryl methyl sites for hydroxylation is 1. The number of hydrogen-bond acceptors (Lipinski definition) is 3. The first kappa shape index (κ1) is 9.87. The van der Waals surface area contributed by atoms with Crippen LogP contribution in [0.25, 0.3) is 10.1 Å². The molecule has 2 rings (SSSR count). The maximum absolute atomic E-state index is 6.12. The number of fused-ring (bicyclic) bond motifs is 1. The van der Waals surface area contributed by atoms with Gasteiger partial charge in [-0.2, -0.15) is 0 Å². The van der Waals surface area contributed by atoms with E-state index in [2.05, 4.69) is 30.7 Å². The molecule has 0 aliphatic carbocycles. The summed E-state index contributed by atoms with van der Waals surface area (Å²) in [6, 6.07) is 4.35. The van der Waals surface area contributed by atoms with Crippen LogP contribution in [0.5, 0.6) is 0 Å². The van der Waals surface area contributed by atoms with Crippen molar-refractivity contribution in [1.82, 2.24) is 0 Å². The van der Waals surface area contributed by atoms with Crippen LogP contribution < -0.4 is 5.73 Å². The van der Waals surface area contributed by atoms with Crippen LogP contribution in [0.2, 0.25) is 0 Å². The molecule has 1 aromatic heterocycles. The van der Waals surface area contributed by atoms with Gasteiger partial charge in [0.1, 0.15) is 0 Å². The van der Waals surface area contributed by atoms with Gasteiger partial charge in [0.15, 0.2) is 0 Å². The summed E-state index contributed by atoms with van der Waals surface area (Å²) in [6.45, 7) is 2.16. The van der Waals surface area contributed by atoms with E-state index in [1.807, 2.05) is 0 Å². The largest absolute Gasteiger partial charge is 0.398 e. The summed E-state index contributed by atoms with van der Waals surface area (Å²) in [4.78, 5) is 1.20. The third-order valence-electron chi connectivity index (χ3n) is 2.42. The van der Waals surface area contributed by atoms with Crippen LogP contribution in [0.15, 0.2) is 22.4 Å². The van der Waals surface area contributed by atoms with Crippen molar-refractivity contribution >= 4 is 38.9 Å². The van der Waals surface area contributed by atoms with Gasteiger partial charge in [-0.25, -0.2) is 0 Å². The molecule has 0 fully saturated rings. The zero-order valence-electron chi connectivity index (χ0n) is 8.33. The first-order valence-corrected chi connectivity index (χ1v) is 6.71. The van der Waals surface area contributed by atoms with E-state index in [1.54, 1.807) is 23.1 Å². The van der Waals surface area contributed by atoms with Gasteiger partial charge >= 0.3 is 0 Å². The molecule has 0 saturated heterocycles. The van der Waals surface area contributed by atoms with Crippen molar-refractivity contribution in [3.63, 3.8) is 0 Å². The summed E-state index contributed by atoms with van der Waals surface area (Å²) < 4.78 is 1.35. The molecule has 14 heavy (non-hydrogen) atoms. The molecule has 0 aliphatic heterocycles. The van der Waals surface area contributed by atoms with Gasteiger partial charge in [0.25, 0.3) is 0 Å². The van der Waals surface area contributed by atoms with E-state index in [4.69, 9.17) is 5.73 Å². The normalized spacial score (nSPS) is 11.0. The number of thioether (sulfide) groups is 1. The third-order valence-corrected chi connectivity index (χ3v) is 4.19. The van der Waals surface area contributed by atoms with Crippen molar-refractivity contribution < 1.29 is 0 Å². The number of nitrogen functional groups attached to an aromatic ring is 1. The number of thiophene rings is 1. The lowest BCUT2D eigenvalue weighted by atomic mass is 10.1. The summed E-state index contributed by atoms with van der Waals surface area (Å²) in [5, 5.41) is 3.46. The van der Waals surface area contributed by atoms with E-state index in [9.17, 15) is 0 Å². The predicted octanol–water partition coefficient (Wildman–Crippen LogP) is 3.77. The zero-order valence-corrected chi connectivity index (χ0v) is 9.97. The Balaban J connectivity index is 2.80. The number of hydrogen-bond donors (Lipinski definition) is 1. The van der Waals surface area contributed by atoms with Crippen molar-refractivity contribution in [2.75, 3.05) is 12.0 Å². The smallest absolute Gasteiger partial charge is 0.0499 e. The lowest BCUT2D eigenvalue weighted by Gasteiger charge is -2.09. The lowest BCUT2D eigenvalue weighted by Crippen LogP contribution is -1.95. The molecule has 1 heterocycles. The summed E-state index contributed by atoms with van der Waals surface area (Å²) in [7, 11) is 0. The number of rotatable bonds is 2. The first-order chi connectivity index (χ1) is 6.77. The molecule has 1 nitrogen and oxygen atoms in total. The second-order valence-corrected chi connectivity index (χ2v) is 4.93. The van der Waals surface area contributed by atoms with Crippen LogP contribution >= 0.6 is 23.1 Å². The molecule has 0 spiro atoms. The van der Waals surface area contributed by atoms with E-state index < -0.39 is 0 Å². The first-order valence-electron chi connectivity index (χ1n) is 4.60. The van der Waals surface area contributed by atoms with Gasteiger partial charge in [-0.1, -0.05) is 6.92 Å². The Morgan fingerprint density at radius 1 is 1.50 bits per heavy atom. The second-order valence-electron chi connectivity index (χ2n) is 3.16. The minimum absolute atomic E-state index is 0.968. The Kier molecular flexibility index (Phi) is 2.70. The van der Waals surface area contributed by atoms with Crippen molar-refractivity contribution in [1.29, 1.82) is 0 Å². The molecule has 1 aromatic carbocycles. The van der Waals surface area contributed by atoms with Gasteiger partial charge in [0, 0.05) is 15.3 Å². The molecule has 2 N–H and O–H groups in total. The molecule has 0 aliphatic rings. The van der Waals surface area contributed by atoms with Crippen LogP contribution in [0, 0.1) is 0 Å². The second kappa shape index (κ2) is 3.83. The molecule has 0 atom stereocenters. The Hall–Kier alpha value is -0.670. The van der Waals surface area contributed by atoms with Crippen molar-refractivity contribution in [2.45, 2.75) is 18.2 Å². The van der Waals surface area contributed by atoms with E-state index in [0.717, 1.165) is 12.1 Å². The summed E-state index contributed by atoms with van der Waals surface area (Å²) >= 11 is 3.51. The molecule has 0 radical (unpaired) electrons. The maximum Gasteiger partial charge on any atom is 0.0499 e. The minimum atomic E-state index is 0.968. The quantitative estimate of drug-likeness (QED) is 0.619. The van der Waals surface area contributed by atoms with Crippen LogP contribution in [0.3, 0.4) is 0 Å². The van der Waals surface area contributed by atoms with Crippen LogP contribution in [0.4, 0.5) is 5.69 Å². The highest BCUT2D eigenvalue weighted by molar-refractivity contribution is 7.98. The SMILES string of the molecule is CCc1c(N)c(SC)cc2ccsc12. The predicted molar refractivity (Wildman–Crippen MR) is 67.4 cm³/mol. The highest BCUT2D eigenvalue weighted by atomic mass is 32.2. The van der Waals surface area contributed by atoms with E-state index in [-0.39, 0.29) is 0 Å². The molecular weight excluding hydrogens is 210 g/mol. The number of benzene rings is 1. The fourth-order valence-corrected chi connectivity index (χ4v) is 3.29. The molecule has 2 aromatic rings. The Morgan fingerprint density at radius 2 is 2.29 bits per heavy atom. The Bertz CT molecular complexity index is 460. The Labute approximate surface area is 92.3 Å². The number of nitrogens with two attached hydrogens (primary N) is 1. The fourth-order valence-electron chi connectivity index (χ4n) is 1.69. The molecule has 3 heteroatoms. The van der Waals surface area contributed by atoms with Crippen molar-refractivity contribution in [2.24, 2.45) is 0 Å². The van der Waals surface area contributed by atoms with Crippen LogP contribution in [0.1, 0.15) is 12.5 Å². The molecule has 0 unspecified atom stereocenters. The standard InChI is InChI=1S/C11H13NS2/c1-3-8-10(12)9(13-2)6-7-4-5-14-11(7)8/h4-6H,3,12H2,1-2H3. The molecule has 0 saturated carbocycles. The number of anilines is 1. The van der Waals surface area contributed by atoms with E-state index >= 15 is 0 Å². The van der Waals surface area contributed by atoms with Crippen LogP contribution in [-0.4, -0.2) is 6.26 Å². The van der Waals surface area contributed by atoms with Gasteiger partial charge < -0.3 is 5.73 Å². The van der Waals surface area contributed by atoms with E-state index in [0.29, 0.717) is 0 Å². The third kappa shape index (κ3) is 1.41. The zero-order chi connectivity index (χ0) is 10.1. The van der Waals surface area contributed by atoms with Crippen LogP contribution in [-0.2, 0) is 6.42 Å². The van der Waals surface area contributed by atoms with Gasteiger partial charge in [0.2, 0.25) is 0 Å². The molecule has 0 amide bonds. The highest BCUT2D eigenvalue weighted by Crippen LogP contribution is 2.36. The van der Waals surface area contributed by atoms with E-state index in [1.165, 1.54) is 20.5 Å². The fraction of sp³-hybridized carbons (Fsp3) is 0.273. The lowest BCUT2D eigenvalue weighted by molar-refractivity contribution is 1.16. The minimum Gasteiger partial charge on any atom is -0.398 e. The average molecular weight is 223 g/mol. The Morgan fingerprint density at radius 3 is 2.93 bits per heavy atom. The molecule has 0 bridgehead atoms. The van der Waals surface area contributed by atoms with Gasteiger partial charge in [0.05, 0.1) is 0 Å². The molecule has 74 valence electrons. The summed E-state index contributed by atoms with van der Waals surface area (Å²) in [5.41, 5.74) is 8.39. The summed E-state index contributed by atoms with van der Waals surface area (Å²) in [5.74, 6) is 0. The van der Waals surface area contributed by atoms with Crippen molar-refractivity contribution in [3.05, 3.63) is 23.1 Å². The van der Waals surface area contributed by atoms with Gasteiger partial charge in [-0.15, -0.1) is 23.1 Å². The average Bonchev–Trinajstić information content (AvgIpc) is 2.64. The topological polar surface area (TPSA) is 26.0 Å². The van der Waals surface area contributed by atoms with Gasteiger partial charge in [-0.3, -0.25) is 0 Å². The van der Waals surface area contributed by atoms with Crippen molar-refractivity contribution in [3.8, 4) is 0 Å². The summed E-state index contributed by atoms with van der Waals surface area (Å²) in [6.07, 6.45) is 3.08.